The van der Waals surface area contributed by atoms with E-state index in [2.05, 4.69) is 33.0 Å². The van der Waals surface area contributed by atoms with Crippen molar-refractivity contribution in [1.29, 1.82) is 0 Å². The van der Waals surface area contributed by atoms with Crippen molar-refractivity contribution >= 4 is 0 Å². The van der Waals surface area contributed by atoms with Crippen LogP contribution in [-0.4, -0.2) is 12.1 Å². The van der Waals surface area contributed by atoms with E-state index in [1.807, 2.05) is 0 Å². The van der Waals surface area contributed by atoms with Gasteiger partial charge in [0.2, 0.25) is 0 Å². The molecule has 2 rings (SSSR count). The lowest BCUT2D eigenvalue weighted by Gasteiger charge is -2.31. The minimum Gasteiger partial charge on any atom is -0.311 e. The summed E-state index contributed by atoms with van der Waals surface area (Å²) in [5, 5.41) is 3.99. The van der Waals surface area contributed by atoms with Crippen LogP contribution in [0.5, 0.6) is 0 Å². The van der Waals surface area contributed by atoms with Gasteiger partial charge in [0.1, 0.15) is 0 Å². The van der Waals surface area contributed by atoms with Gasteiger partial charge in [-0.05, 0) is 68.6 Å². The van der Waals surface area contributed by atoms with Gasteiger partial charge in [-0.25, -0.2) is 0 Å². The Balaban J connectivity index is 1.76. The third kappa shape index (κ3) is 4.77. The molecule has 0 amide bonds. The highest BCUT2D eigenvalue weighted by atomic mass is 14.9. The Morgan fingerprint density at radius 1 is 0.737 bits per heavy atom. The maximum Gasteiger partial charge on any atom is 0.00698 e. The molecule has 0 aliphatic heterocycles. The van der Waals surface area contributed by atoms with Crippen LogP contribution >= 0.6 is 0 Å². The van der Waals surface area contributed by atoms with E-state index in [9.17, 15) is 0 Å². The van der Waals surface area contributed by atoms with Crippen molar-refractivity contribution in [3.8, 4) is 0 Å². The minimum atomic E-state index is 0.509. The highest BCUT2D eigenvalue weighted by Gasteiger charge is 2.29. The van der Waals surface area contributed by atoms with E-state index in [1.54, 1.807) is 0 Å². The molecule has 0 aromatic rings. The molecule has 0 spiro atoms. The van der Waals surface area contributed by atoms with E-state index >= 15 is 0 Å². The molecule has 112 valence electrons. The lowest BCUT2D eigenvalue weighted by atomic mass is 9.76. The Morgan fingerprint density at radius 2 is 1.32 bits per heavy atom. The molecule has 2 aliphatic carbocycles. The summed E-state index contributed by atoms with van der Waals surface area (Å²) >= 11 is 0. The third-order valence-electron chi connectivity index (χ3n) is 5.68. The zero-order valence-corrected chi connectivity index (χ0v) is 13.7. The molecule has 0 saturated heterocycles. The fourth-order valence-electron chi connectivity index (χ4n) is 4.09. The highest BCUT2D eigenvalue weighted by molar-refractivity contribution is 4.84. The van der Waals surface area contributed by atoms with E-state index in [1.165, 1.54) is 57.8 Å². The van der Waals surface area contributed by atoms with E-state index in [-0.39, 0.29) is 0 Å². The van der Waals surface area contributed by atoms with Crippen molar-refractivity contribution in [3.05, 3.63) is 0 Å². The van der Waals surface area contributed by atoms with E-state index in [0.717, 1.165) is 23.9 Å². The summed E-state index contributed by atoms with van der Waals surface area (Å²) in [6, 6.07) is 1.64. The molecule has 0 bridgehead atoms. The molecular formula is C18H35N. The highest BCUT2D eigenvalue weighted by Crippen LogP contribution is 2.37. The summed E-state index contributed by atoms with van der Waals surface area (Å²) in [5.41, 5.74) is 0.509. The van der Waals surface area contributed by atoms with Crippen LogP contribution in [0.1, 0.15) is 85.5 Å². The topological polar surface area (TPSA) is 12.0 Å². The van der Waals surface area contributed by atoms with Crippen molar-refractivity contribution in [2.75, 3.05) is 0 Å². The SMILES string of the molecule is CC1CCC(NC2CCCC(C(C)(C)C)CC2)CC1. The molecule has 0 radical (unpaired) electrons. The predicted octanol–water partition coefficient (Wildman–Crippen LogP) is 5.15. The van der Waals surface area contributed by atoms with Gasteiger partial charge in [-0.3, -0.25) is 0 Å². The minimum absolute atomic E-state index is 0.509. The van der Waals surface area contributed by atoms with Gasteiger partial charge in [-0.2, -0.15) is 0 Å². The largest absolute Gasteiger partial charge is 0.311 e. The molecular weight excluding hydrogens is 230 g/mol. The van der Waals surface area contributed by atoms with Crippen LogP contribution in [0.25, 0.3) is 0 Å². The van der Waals surface area contributed by atoms with Crippen molar-refractivity contribution in [2.45, 2.75) is 97.6 Å². The summed E-state index contributed by atoms with van der Waals surface area (Å²) in [6.45, 7) is 9.69. The first-order valence-electron chi connectivity index (χ1n) is 8.71. The second kappa shape index (κ2) is 6.61. The molecule has 19 heavy (non-hydrogen) atoms. The number of rotatable bonds is 2. The smallest absolute Gasteiger partial charge is 0.00698 e. The Hall–Kier alpha value is -0.0400. The number of nitrogens with one attached hydrogen (secondary N) is 1. The average Bonchev–Trinajstić information content (AvgIpc) is 2.57. The lowest BCUT2D eigenvalue weighted by Crippen LogP contribution is -2.40. The molecule has 2 aliphatic rings. The van der Waals surface area contributed by atoms with Gasteiger partial charge >= 0.3 is 0 Å². The van der Waals surface area contributed by atoms with Crippen LogP contribution in [0.4, 0.5) is 0 Å². The average molecular weight is 265 g/mol. The normalized spacial score (nSPS) is 37.9. The molecule has 2 unspecified atom stereocenters. The monoisotopic (exact) mass is 265 g/mol. The van der Waals surface area contributed by atoms with Crippen LogP contribution in [-0.2, 0) is 0 Å². The summed E-state index contributed by atoms with van der Waals surface area (Å²) in [4.78, 5) is 0. The van der Waals surface area contributed by atoms with Crippen LogP contribution in [0.3, 0.4) is 0 Å². The standard InChI is InChI=1S/C18H35N/c1-14-8-11-17(12-9-14)19-16-7-5-6-15(10-13-16)18(2,3)4/h14-17,19H,5-13H2,1-4H3. The van der Waals surface area contributed by atoms with Crippen molar-refractivity contribution in [3.63, 3.8) is 0 Å². The first-order valence-corrected chi connectivity index (χ1v) is 8.71. The first kappa shape index (κ1) is 15.4. The van der Waals surface area contributed by atoms with E-state index in [0.29, 0.717) is 5.41 Å². The Bertz CT molecular complexity index is 257. The van der Waals surface area contributed by atoms with Gasteiger partial charge in [0.05, 0.1) is 0 Å². The maximum atomic E-state index is 3.99. The summed E-state index contributed by atoms with van der Waals surface area (Å²) in [7, 11) is 0. The summed E-state index contributed by atoms with van der Waals surface area (Å²) in [5.74, 6) is 1.91. The van der Waals surface area contributed by atoms with Gasteiger partial charge < -0.3 is 5.32 Å². The van der Waals surface area contributed by atoms with E-state index < -0.39 is 0 Å². The molecule has 0 aromatic carbocycles. The van der Waals surface area contributed by atoms with Crippen molar-refractivity contribution in [1.82, 2.24) is 5.32 Å². The van der Waals surface area contributed by atoms with Gasteiger partial charge in [0, 0.05) is 12.1 Å². The molecule has 2 atom stereocenters. The van der Waals surface area contributed by atoms with Crippen LogP contribution in [0, 0.1) is 17.3 Å². The lowest BCUT2D eigenvalue weighted by molar-refractivity contribution is 0.211. The zero-order valence-electron chi connectivity index (χ0n) is 13.7. The van der Waals surface area contributed by atoms with Crippen LogP contribution in [0.15, 0.2) is 0 Å². The van der Waals surface area contributed by atoms with Crippen LogP contribution in [0.2, 0.25) is 0 Å². The van der Waals surface area contributed by atoms with Crippen LogP contribution < -0.4 is 5.32 Å². The molecule has 1 nitrogen and oxygen atoms in total. The fraction of sp³-hybridized carbons (Fsp3) is 1.00. The Kier molecular flexibility index (Phi) is 5.34. The van der Waals surface area contributed by atoms with Crippen molar-refractivity contribution in [2.24, 2.45) is 17.3 Å². The van der Waals surface area contributed by atoms with E-state index in [4.69, 9.17) is 0 Å². The summed E-state index contributed by atoms with van der Waals surface area (Å²) in [6.07, 6.45) is 12.9. The van der Waals surface area contributed by atoms with Gasteiger partial charge in [-0.1, -0.05) is 34.1 Å². The number of hydrogen-bond acceptors (Lipinski definition) is 1. The molecule has 1 N–H and O–H groups in total. The van der Waals surface area contributed by atoms with Gasteiger partial charge in [0.15, 0.2) is 0 Å². The predicted molar refractivity (Wildman–Crippen MR) is 84.4 cm³/mol. The van der Waals surface area contributed by atoms with Crippen molar-refractivity contribution < 1.29 is 0 Å². The maximum absolute atomic E-state index is 3.99. The molecule has 2 saturated carbocycles. The van der Waals surface area contributed by atoms with Gasteiger partial charge in [-0.15, -0.1) is 0 Å². The summed E-state index contributed by atoms with van der Waals surface area (Å²) < 4.78 is 0. The molecule has 2 fully saturated rings. The fourth-order valence-corrected chi connectivity index (χ4v) is 4.09. The molecule has 0 aromatic heterocycles. The quantitative estimate of drug-likeness (QED) is 0.681. The molecule has 1 heteroatoms. The Labute approximate surface area is 120 Å². The number of hydrogen-bond donors (Lipinski definition) is 1. The zero-order chi connectivity index (χ0) is 13.9. The molecule has 0 heterocycles. The second-order valence-corrected chi connectivity index (χ2v) is 8.39. The van der Waals surface area contributed by atoms with Gasteiger partial charge in [0.25, 0.3) is 0 Å². The Morgan fingerprint density at radius 3 is 1.95 bits per heavy atom. The second-order valence-electron chi connectivity index (χ2n) is 8.39. The third-order valence-corrected chi connectivity index (χ3v) is 5.68. The first-order chi connectivity index (χ1) is 8.95.